The van der Waals surface area contributed by atoms with Crippen LogP contribution < -0.4 is 4.90 Å². The third-order valence-electron chi connectivity index (χ3n) is 2.69. The molecule has 0 aromatic carbocycles. The number of pyridine rings is 1. The first-order valence-corrected chi connectivity index (χ1v) is 6.42. The molecule has 1 unspecified atom stereocenters. The topological polar surface area (TPSA) is 82.0 Å². The van der Waals surface area contributed by atoms with Gasteiger partial charge in [-0.25, -0.2) is 4.98 Å². The molecule has 18 heavy (non-hydrogen) atoms. The van der Waals surface area contributed by atoms with Crippen LogP contribution in [-0.4, -0.2) is 24.0 Å². The fourth-order valence-electron chi connectivity index (χ4n) is 1.89. The first-order valence-electron chi connectivity index (χ1n) is 5.25. The average Bonchev–Trinajstić information content (AvgIpc) is 2.68. The minimum absolute atomic E-state index is 0.0286. The molecule has 6 nitrogen and oxygen atoms in total. The van der Waals surface area contributed by atoms with Gasteiger partial charge in [0.25, 0.3) is 0 Å². The third kappa shape index (κ3) is 2.75. The second-order valence-electron chi connectivity index (χ2n) is 3.93. The molecule has 0 bridgehead atoms. The van der Waals surface area contributed by atoms with Gasteiger partial charge in [0.15, 0.2) is 5.15 Å². The van der Waals surface area contributed by atoms with Crippen LogP contribution in [0.4, 0.5) is 5.69 Å². The Bertz CT molecular complexity index is 531. The summed E-state index contributed by atoms with van der Waals surface area (Å²) in [5.74, 6) is 0.00674. The van der Waals surface area contributed by atoms with Crippen LogP contribution in [0, 0.1) is 5.92 Å². The van der Waals surface area contributed by atoms with E-state index in [-0.39, 0.29) is 17.0 Å². The Labute approximate surface area is 117 Å². The van der Waals surface area contributed by atoms with E-state index < -0.39 is 0 Å². The lowest BCUT2D eigenvalue weighted by atomic mass is 10.1. The SMILES string of the molecule is [N-]=[N+]=NCC1CC(=O)N(c2ccc(Br)nc2Cl)C1. The smallest absolute Gasteiger partial charge is 0.227 e. The molecular formula is C10H9BrClN5O. The Balaban J connectivity index is 2.18. The molecule has 1 aliphatic heterocycles. The summed E-state index contributed by atoms with van der Waals surface area (Å²) in [6.45, 7) is 0.821. The number of azide groups is 1. The van der Waals surface area contributed by atoms with Crippen LogP contribution >= 0.6 is 27.5 Å². The minimum Gasteiger partial charge on any atom is -0.309 e. The quantitative estimate of drug-likeness (QED) is 0.369. The molecule has 1 aromatic rings. The Morgan fingerprint density at radius 3 is 3.11 bits per heavy atom. The highest BCUT2D eigenvalue weighted by atomic mass is 79.9. The number of hydrogen-bond acceptors (Lipinski definition) is 3. The van der Waals surface area contributed by atoms with Gasteiger partial charge >= 0.3 is 0 Å². The molecular weight excluding hydrogens is 322 g/mol. The van der Waals surface area contributed by atoms with Gasteiger partial charge in [-0.05, 0) is 39.5 Å². The number of halogens is 2. The molecule has 0 saturated carbocycles. The lowest BCUT2D eigenvalue weighted by Gasteiger charge is -2.17. The monoisotopic (exact) mass is 329 g/mol. The van der Waals surface area contributed by atoms with Gasteiger partial charge in [-0.15, -0.1) is 0 Å². The fraction of sp³-hybridized carbons (Fsp3) is 0.400. The molecule has 2 heterocycles. The molecule has 1 aliphatic rings. The molecule has 1 saturated heterocycles. The van der Waals surface area contributed by atoms with Crippen molar-refractivity contribution >= 4 is 39.1 Å². The lowest BCUT2D eigenvalue weighted by molar-refractivity contribution is -0.117. The molecule has 0 radical (unpaired) electrons. The van der Waals surface area contributed by atoms with Gasteiger partial charge in [0.1, 0.15) is 4.60 Å². The van der Waals surface area contributed by atoms with Gasteiger partial charge in [0, 0.05) is 24.4 Å². The Morgan fingerprint density at radius 1 is 1.67 bits per heavy atom. The summed E-state index contributed by atoms with van der Waals surface area (Å²) in [4.78, 5) is 20.2. The third-order valence-corrected chi connectivity index (χ3v) is 3.41. The van der Waals surface area contributed by atoms with E-state index in [4.69, 9.17) is 17.1 Å². The van der Waals surface area contributed by atoms with Gasteiger partial charge in [0.05, 0.1) is 5.69 Å². The first kappa shape index (κ1) is 13.1. The van der Waals surface area contributed by atoms with Crippen molar-refractivity contribution in [1.29, 1.82) is 0 Å². The standard InChI is InChI=1S/C10H9BrClN5O/c11-8-2-1-7(10(12)15-8)17-5-6(3-9(17)18)4-14-16-13/h1-2,6H,3-5H2. The van der Waals surface area contributed by atoms with Crippen molar-refractivity contribution in [2.24, 2.45) is 11.0 Å². The van der Waals surface area contributed by atoms with E-state index in [0.717, 1.165) is 0 Å². The largest absolute Gasteiger partial charge is 0.309 e. The molecule has 1 aromatic heterocycles. The number of aromatic nitrogens is 1. The Kier molecular flexibility index (Phi) is 4.06. The maximum Gasteiger partial charge on any atom is 0.227 e. The molecule has 0 N–H and O–H groups in total. The van der Waals surface area contributed by atoms with Crippen LogP contribution in [0.2, 0.25) is 5.15 Å². The van der Waals surface area contributed by atoms with Crippen LogP contribution in [0.3, 0.4) is 0 Å². The highest BCUT2D eigenvalue weighted by Gasteiger charge is 2.31. The summed E-state index contributed by atoms with van der Waals surface area (Å²) in [6, 6.07) is 3.47. The number of hydrogen-bond donors (Lipinski definition) is 0. The predicted octanol–water partition coefficient (Wildman–Crippen LogP) is 3.16. The van der Waals surface area contributed by atoms with Crippen LogP contribution in [0.1, 0.15) is 6.42 Å². The number of carbonyl (C=O) groups is 1. The fourth-order valence-corrected chi connectivity index (χ4v) is 2.56. The van der Waals surface area contributed by atoms with Gasteiger partial charge in [-0.3, -0.25) is 4.79 Å². The van der Waals surface area contributed by atoms with Gasteiger partial charge in [-0.1, -0.05) is 16.7 Å². The molecule has 0 spiro atoms. The van der Waals surface area contributed by atoms with Gasteiger partial charge in [0.2, 0.25) is 5.91 Å². The van der Waals surface area contributed by atoms with E-state index in [1.807, 2.05) is 0 Å². The van der Waals surface area contributed by atoms with E-state index in [1.165, 1.54) is 0 Å². The van der Waals surface area contributed by atoms with E-state index in [9.17, 15) is 4.79 Å². The second-order valence-corrected chi connectivity index (χ2v) is 5.10. The number of carbonyl (C=O) groups excluding carboxylic acids is 1. The van der Waals surface area contributed by atoms with Crippen molar-refractivity contribution in [2.75, 3.05) is 18.0 Å². The molecule has 2 rings (SSSR count). The summed E-state index contributed by atoms with van der Waals surface area (Å²) < 4.78 is 0.619. The second kappa shape index (κ2) is 5.56. The minimum atomic E-state index is -0.0286. The number of anilines is 1. The normalized spacial score (nSPS) is 18.9. The highest BCUT2D eigenvalue weighted by molar-refractivity contribution is 9.10. The van der Waals surface area contributed by atoms with Crippen molar-refractivity contribution in [1.82, 2.24) is 4.98 Å². The van der Waals surface area contributed by atoms with Crippen LogP contribution in [0.15, 0.2) is 21.9 Å². The average molecular weight is 331 g/mol. The summed E-state index contributed by atoms with van der Waals surface area (Å²) in [5.41, 5.74) is 8.86. The van der Waals surface area contributed by atoms with Crippen molar-refractivity contribution in [3.05, 3.63) is 32.3 Å². The van der Waals surface area contributed by atoms with E-state index in [0.29, 0.717) is 29.8 Å². The van der Waals surface area contributed by atoms with Gasteiger partial charge in [-0.2, -0.15) is 0 Å². The maximum absolute atomic E-state index is 11.9. The Morgan fingerprint density at radius 2 is 2.44 bits per heavy atom. The zero-order valence-corrected chi connectivity index (χ0v) is 11.6. The van der Waals surface area contributed by atoms with Crippen molar-refractivity contribution < 1.29 is 4.79 Å². The van der Waals surface area contributed by atoms with E-state index in [2.05, 4.69) is 30.9 Å². The molecule has 1 fully saturated rings. The zero-order chi connectivity index (χ0) is 13.1. The zero-order valence-electron chi connectivity index (χ0n) is 9.25. The number of nitrogens with zero attached hydrogens (tertiary/aromatic N) is 5. The summed E-state index contributed by atoms with van der Waals surface area (Å²) in [7, 11) is 0. The van der Waals surface area contributed by atoms with Crippen LogP contribution in [0.25, 0.3) is 10.4 Å². The van der Waals surface area contributed by atoms with Crippen molar-refractivity contribution in [3.63, 3.8) is 0 Å². The first-order chi connectivity index (χ1) is 8.61. The molecule has 1 atom stereocenters. The summed E-state index contributed by atoms with van der Waals surface area (Å²) in [5, 5.41) is 3.78. The highest BCUT2D eigenvalue weighted by Crippen LogP contribution is 2.31. The molecule has 94 valence electrons. The number of amides is 1. The lowest BCUT2D eigenvalue weighted by Crippen LogP contribution is -2.25. The molecule has 8 heteroatoms. The van der Waals surface area contributed by atoms with E-state index >= 15 is 0 Å². The van der Waals surface area contributed by atoms with Gasteiger partial charge < -0.3 is 4.90 Å². The Hall–Kier alpha value is -1.30. The number of rotatable bonds is 3. The van der Waals surface area contributed by atoms with Crippen molar-refractivity contribution in [2.45, 2.75) is 6.42 Å². The maximum atomic E-state index is 11.9. The summed E-state index contributed by atoms with van der Waals surface area (Å²) >= 11 is 9.22. The predicted molar refractivity (Wildman–Crippen MR) is 71.4 cm³/mol. The summed E-state index contributed by atoms with van der Waals surface area (Å²) in [6.07, 6.45) is 0.366. The van der Waals surface area contributed by atoms with E-state index in [1.54, 1.807) is 17.0 Å². The molecule has 1 amide bonds. The molecule has 0 aliphatic carbocycles. The van der Waals surface area contributed by atoms with Crippen LogP contribution in [0.5, 0.6) is 0 Å². The van der Waals surface area contributed by atoms with Crippen molar-refractivity contribution in [3.8, 4) is 0 Å². The van der Waals surface area contributed by atoms with Crippen LogP contribution in [-0.2, 0) is 4.79 Å².